The summed E-state index contributed by atoms with van der Waals surface area (Å²) in [4.78, 5) is 0. The van der Waals surface area contributed by atoms with Crippen LogP contribution in [-0.4, -0.2) is 0 Å². The molecule has 0 spiro atoms. The predicted molar refractivity (Wildman–Crippen MR) is 91.2 cm³/mol. The van der Waals surface area contributed by atoms with Gasteiger partial charge in [-0.15, -0.1) is 0 Å². The van der Waals surface area contributed by atoms with Crippen molar-refractivity contribution in [1.29, 1.82) is 0 Å². The zero-order valence-electron chi connectivity index (χ0n) is 12.8. The van der Waals surface area contributed by atoms with E-state index in [2.05, 4.69) is 61.5 Å². The van der Waals surface area contributed by atoms with Gasteiger partial charge in [0.1, 0.15) is 12.4 Å². The smallest absolute Gasteiger partial charge is 0.123 e. The summed E-state index contributed by atoms with van der Waals surface area (Å²) >= 11 is 0. The molecule has 0 atom stereocenters. The van der Waals surface area contributed by atoms with E-state index in [0.29, 0.717) is 6.61 Å². The molecule has 0 saturated carbocycles. The van der Waals surface area contributed by atoms with Crippen molar-refractivity contribution in [3.63, 3.8) is 0 Å². The maximum Gasteiger partial charge on any atom is 0.123 e. The molecule has 1 heteroatoms. The summed E-state index contributed by atoms with van der Waals surface area (Å²) in [6, 6.07) is 27.2. The molecule has 0 fully saturated rings. The van der Waals surface area contributed by atoms with E-state index < -0.39 is 0 Å². The van der Waals surface area contributed by atoms with Crippen molar-refractivity contribution >= 4 is 0 Å². The molecule has 0 N–H and O–H groups in total. The molecule has 0 radical (unpaired) electrons. The number of hydrogen-bond donors (Lipinski definition) is 0. The molecule has 110 valence electrons. The van der Waals surface area contributed by atoms with Crippen LogP contribution in [0.25, 0.3) is 0 Å². The molecular formula is C21H20O. The highest BCUT2D eigenvalue weighted by atomic mass is 16.5. The summed E-state index contributed by atoms with van der Waals surface area (Å²) in [5, 5.41) is 0. The lowest BCUT2D eigenvalue weighted by Crippen LogP contribution is -2.00. The van der Waals surface area contributed by atoms with Gasteiger partial charge in [0.05, 0.1) is 0 Å². The van der Waals surface area contributed by atoms with Crippen LogP contribution in [0, 0.1) is 6.92 Å². The van der Waals surface area contributed by atoms with E-state index in [-0.39, 0.29) is 0 Å². The van der Waals surface area contributed by atoms with Gasteiger partial charge < -0.3 is 4.74 Å². The Morgan fingerprint density at radius 2 is 1.36 bits per heavy atom. The van der Waals surface area contributed by atoms with Crippen molar-refractivity contribution in [1.82, 2.24) is 0 Å². The van der Waals surface area contributed by atoms with Gasteiger partial charge in [-0.3, -0.25) is 0 Å². The first-order chi connectivity index (χ1) is 10.8. The minimum Gasteiger partial charge on any atom is -0.489 e. The van der Waals surface area contributed by atoms with E-state index in [4.69, 9.17) is 4.74 Å². The molecule has 0 aromatic heterocycles. The first-order valence-electron chi connectivity index (χ1n) is 7.61. The summed E-state index contributed by atoms with van der Waals surface area (Å²) in [6.45, 7) is 2.72. The maximum atomic E-state index is 6.05. The fraction of sp³-hybridized carbons (Fsp3) is 0.143. The second kappa shape index (κ2) is 6.95. The Morgan fingerprint density at radius 3 is 2.05 bits per heavy atom. The van der Waals surface area contributed by atoms with Crippen LogP contribution in [-0.2, 0) is 13.0 Å². The fourth-order valence-corrected chi connectivity index (χ4v) is 2.54. The zero-order valence-corrected chi connectivity index (χ0v) is 12.8. The van der Waals surface area contributed by atoms with Crippen LogP contribution in [0.1, 0.15) is 22.3 Å². The average molecular weight is 288 g/mol. The highest BCUT2D eigenvalue weighted by molar-refractivity contribution is 5.40. The van der Waals surface area contributed by atoms with Gasteiger partial charge in [-0.1, -0.05) is 78.4 Å². The van der Waals surface area contributed by atoms with Gasteiger partial charge in [-0.05, 0) is 29.7 Å². The molecule has 0 heterocycles. The SMILES string of the molecule is Cc1ccc(OCc2ccccc2)c(Cc2ccccc2)c1. The van der Waals surface area contributed by atoms with Crippen LogP contribution < -0.4 is 4.74 Å². The minimum absolute atomic E-state index is 0.603. The van der Waals surface area contributed by atoms with E-state index >= 15 is 0 Å². The standard InChI is InChI=1S/C21H20O/c1-17-12-13-21(22-16-19-10-6-3-7-11-19)20(14-17)15-18-8-4-2-5-9-18/h2-14H,15-16H2,1H3. The molecule has 22 heavy (non-hydrogen) atoms. The summed E-state index contributed by atoms with van der Waals surface area (Å²) in [7, 11) is 0. The van der Waals surface area contributed by atoms with Gasteiger partial charge >= 0.3 is 0 Å². The van der Waals surface area contributed by atoms with Gasteiger partial charge in [0.25, 0.3) is 0 Å². The maximum absolute atomic E-state index is 6.05. The van der Waals surface area contributed by atoms with E-state index in [1.165, 1.54) is 22.3 Å². The summed E-state index contributed by atoms with van der Waals surface area (Å²) in [5.41, 5.74) is 4.99. The Morgan fingerprint density at radius 1 is 0.727 bits per heavy atom. The molecular weight excluding hydrogens is 268 g/mol. The summed E-state index contributed by atoms with van der Waals surface area (Å²) < 4.78 is 6.05. The number of hydrogen-bond acceptors (Lipinski definition) is 1. The van der Waals surface area contributed by atoms with Crippen molar-refractivity contribution in [3.05, 3.63) is 101 Å². The Labute approximate surface area is 132 Å². The second-order valence-corrected chi connectivity index (χ2v) is 5.55. The Kier molecular flexibility index (Phi) is 4.55. The normalized spacial score (nSPS) is 10.4. The van der Waals surface area contributed by atoms with Crippen LogP contribution in [0.5, 0.6) is 5.75 Å². The van der Waals surface area contributed by atoms with Crippen LogP contribution >= 0.6 is 0 Å². The second-order valence-electron chi connectivity index (χ2n) is 5.55. The molecule has 3 aromatic carbocycles. The number of ether oxygens (including phenoxy) is 1. The fourth-order valence-electron chi connectivity index (χ4n) is 2.54. The Bertz CT molecular complexity index is 717. The third-order valence-corrected chi connectivity index (χ3v) is 3.69. The van der Waals surface area contributed by atoms with Crippen LogP contribution in [0.15, 0.2) is 78.9 Å². The molecule has 3 aromatic rings. The molecule has 0 aliphatic rings. The molecule has 0 aliphatic heterocycles. The van der Waals surface area contributed by atoms with Crippen molar-refractivity contribution in [2.45, 2.75) is 20.0 Å². The van der Waals surface area contributed by atoms with Gasteiger partial charge in [0.2, 0.25) is 0 Å². The lowest BCUT2D eigenvalue weighted by atomic mass is 10.0. The van der Waals surface area contributed by atoms with E-state index in [0.717, 1.165) is 12.2 Å². The van der Waals surface area contributed by atoms with Gasteiger partial charge in [0.15, 0.2) is 0 Å². The lowest BCUT2D eigenvalue weighted by molar-refractivity contribution is 0.303. The van der Waals surface area contributed by atoms with Crippen LogP contribution in [0.2, 0.25) is 0 Å². The van der Waals surface area contributed by atoms with E-state index in [1.807, 2.05) is 24.3 Å². The molecule has 0 saturated heterocycles. The van der Waals surface area contributed by atoms with Crippen LogP contribution in [0.3, 0.4) is 0 Å². The van der Waals surface area contributed by atoms with E-state index in [1.54, 1.807) is 0 Å². The van der Waals surface area contributed by atoms with E-state index in [9.17, 15) is 0 Å². The highest BCUT2D eigenvalue weighted by Gasteiger charge is 2.06. The minimum atomic E-state index is 0.603. The monoisotopic (exact) mass is 288 g/mol. The number of aryl methyl sites for hydroxylation is 1. The molecule has 0 amide bonds. The molecule has 0 bridgehead atoms. The van der Waals surface area contributed by atoms with Crippen molar-refractivity contribution in [2.75, 3.05) is 0 Å². The third kappa shape index (κ3) is 3.76. The zero-order chi connectivity index (χ0) is 15.2. The molecule has 0 aliphatic carbocycles. The lowest BCUT2D eigenvalue weighted by Gasteiger charge is -2.13. The molecule has 1 nitrogen and oxygen atoms in total. The number of rotatable bonds is 5. The van der Waals surface area contributed by atoms with Gasteiger partial charge in [-0.25, -0.2) is 0 Å². The van der Waals surface area contributed by atoms with Gasteiger partial charge in [-0.2, -0.15) is 0 Å². The third-order valence-electron chi connectivity index (χ3n) is 3.69. The van der Waals surface area contributed by atoms with Gasteiger partial charge in [0, 0.05) is 6.42 Å². The summed E-state index contributed by atoms with van der Waals surface area (Å²) in [6.07, 6.45) is 0.895. The van der Waals surface area contributed by atoms with Crippen molar-refractivity contribution in [2.24, 2.45) is 0 Å². The highest BCUT2D eigenvalue weighted by Crippen LogP contribution is 2.24. The first kappa shape index (κ1) is 14.4. The quantitative estimate of drug-likeness (QED) is 0.629. The Hall–Kier alpha value is -2.54. The van der Waals surface area contributed by atoms with Crippen LogP contribution in [0.4, 0.5) is 0 Å². The van der Waals surface area contributed by atoms with Crippen molar-refractivity contribution < 1.29 is 4.74 Å². The average Bonchev–Trinajstić information content (AvgIpc) is 2.56. The molecule has 3 rings (SSSR count). The largest absolute Gasteiger partial charge is 0.489 e. The molecule has 0 unspecified atom stereocenters. The van der Waals surface area contributed by atoms with Crippen molar-refractivity contribution in [3.8, 4) is 5.75 Å². The topological polar surface area (TPSA) is 9.23 Å². The number of benzene rings is 3. The Balaban J connectivity index is 1.78. The predicted octanol–water partition coefficient (Wildman–Crippen LogP) is 5.16. The first-order valence-corrected chi connectivity index (χ1v) is 7.61. The summed E-state index contributed by atoms with van der Waals surface area (Å²) in [5.74, 6) is 0.971.